The molecule has 2 rings (SSSR count). The zero-order valence-electron chi connectivity index (χ0n) is 10.4. The van der Waals surface area contributed by atoms with Gasteiger partial charge in [-0.1, -0.05) is 48.0 Å². The molecule has 1 unspecified atom stereocenters. The summed E-state index contributed by atoms with van der Waals surface area (Å²) in [6.45, 7) is 1.48. The van der Waals surface area contributed by atoms with E-state index in [4.69, 9.17) is 22.4 Å². The largest absolute Gasteiger partial charge is 0.480 e. The Hall–Kier alpha value is -1.84. The molecule has 3 nitrogen and oxygen atoms in total. The number of hydrogen-bond acceptors (Lipinski definition) is 2. The Labute approximate surface area is 116 Å². The zero-order chi connectivity index (χ0) is 14.0. The minimum absolute atomic E-state index is 0.567. The fourth-order valence-corrected chi connectivity index (χ4v) is 1.90. The van der Waals surface area contributed by atoms with Crippen molar-refractivity contribution in [2.24, 2.45) is 5.73 Å². The Kier molecular flexibility index (Phi) is 3.60. The molecule has 4 heteroatoms. The monoisotopic (exact) mass is 275 g/mol. The van der Waals surface area contributed by atoms with E-state index in [0.29, 0.717) is 10.6 Å². The Morgan fingerprint density at radius 1 is 1.05 bits per heavy atom. The molecule has 0 saturated heterocycles. The van der Waals surface area contributed by atoms with Crippen LogP contribution in [-0.2, 0) is 10.3 Å². The Bertz CT molecular complexity index is 589. The lowest BCUT2D eigenvalue weighted by Crippen LogP contribution is -2.41. The smallest absolute Gasteiger partial charge is 0.328 e. The summed E-state index contributed by atoms with van der Waals surface area (Å²) in [5, 5.41) is 9.75. The highest BCUT2D eigenvalue weighted by Gasteiger charge is 2.29. The van der Waals surface area contributed by atoms with Gasteiger partial charge in [-0.25, -0.2) is 4.79 Å². The van der Waals surface area contributed by atoms with E-state index in [9.17, 15) is 4.79 Å². The molecule has 2 aromatic carbocycles. The van der Waals surface area contributed by atoms with Crippen LogP contribution < -0.4 is 5.73 Å². The van der Waals surface area contributed by atoms with Crippen LogP contribution in [0.1, 0.15) is 12.5 Å². The highest BCUT2D eigenvalue weighted by Crippen LogP contribution is 2.25. The van der Waals surface area contributed by atoms with E-state index in [1.54, 1.807) is 12.1 Å². The molecule has 0 radical (unpaired) electrons. The number of hydrogen-bond donors (Lipinski definition) is 2. The second-order valence-corrected chi connectivity index (χ2v) is 5.03. The molecule has 0 saturated carbocycles. The number of carboxylic acids is 1. The van der Waals surface area contributed by atoms with Gasteiger partial charge in [0.05, 0.1) is 0 Å². The van der Waals surface area contributed by atoms with Crippen molar-refractivity contribution in [1.82, 2.24) is 0 Å². The highest BCUT2D eigenvalue weighted by molar-refractivity contribution is 6.30. The normalized spacial score (nSPS) is 13.8. The van der Waals surface area contributed by atoms with E-state index in [1.807, 2.05) is 36.4 Å². The topological polar surface area (TPSA) is 63.3 Å². The van der Waals surface area contributed by atoms with Crippen LogP contribution in [0.15, 0.2) is 48.5 Å². The Balaban J connectivity index is 2.33. The van der Waals surface area contributed by atoms with Gasteiger partial charge >= 0.3 is 5.97 Å². The Morgan fingerprint density at radius 2 is 1.47 bits per heavy atom. The van der Waals surface area contributed by atoms with Crippen LogP contribution in [-0.4, -0.2) is 11.1 Å². The minimum Gasteiger partial charge on any atom is -0.480 e. The predicted molar refractivity (Wildman–Crippen MR) is 76.1 cm³/mol. The summed E-state index contributed by atoms with van der Waals surface area (Å²) < 4.78 is 0. The number of halogens is 1. The first-order chi connectivity index (χ1) is 8.91. The van der Waals surface area contributed by atoms with Gasteiger partial charge < -0.3 is 10.8 Å². The van der Waals surface area contributed by atoms with Gasteiger partial charge in [0.15, 0.2) is 0 Å². The van der Waals surface area contributed by atoms with E-state index in [2.05, 4.69) is 0 Å². The first-order valence-corrected chi connectivity index (χ1v) is 6.18. The van der Waals surface area contributed by atoms with Crippen LogP contribution in [0.5, 0.6) is 0 Å². The SMILES string of the molecule is CC(N)(C(=O)O)c1ccc(-c2ccc(Cl)cc2)cc1. The molecule has 98 valence electrons. The summed E-state index contributed by atoms with van der Waals surface area (Å²) >= 11 is 5.84. The van der Waals surface area contributed by atoms with Gasteiger partial charge in [-0.2, -0.15) is 0 Å². The highest BCUT2D eigenvalue weighted by atomic mass is 35.5. The zero-order valence-corrected chi connectivity index (χ0v) is 11.2. The van der Waals surface area contributed by atoms with Crippen LogP contribution >= 0.6 is 11.6 Å². The summed E-state index contributed by atoms with van der Waals surface area (Å²) in [6.07, 6.45) is 0. The maximum absolute atomic E-state index is 11.1. The molecule has 0 fully saturated rings. The fourth-order valence-electron chi connectivity index (χ4n) is 1.77. The molecule has 0 spiro atoms. The van der Waals surface area contributed by atoms with Crippen molar-refractivity contribution in [3.8, 4) is 11.1 Å². The van der Waals surface area contributed by atoms with E-state index in [-0.39, 0.29) is 0 Å². The maximum Gasteiger partial charge on any atom is 0.328 e. The number of rotatable bonds is 3. The predicted octanol–water partition coefficient (Wildman–Crippen LogP) is 3.27. The average molecular weight is 276 g/mol. The standard InChI is InChI=1S/C15H14ClNO2/c1-15(17,14(18)19)12-6-2-10(3-7-12)11-4-8-13(16)9-5-11/h2-9H,17H2,1H3,(H,18,19). The number of benzene rings is 2. The lowest BCUT2D eigenvalue weighted by molar-refractivity contribution is -0.143. The number of carbonyl (C=O) groups is 1. The molecule has 1 atom stereocenters. The van der Waals surface area contributed by atoms with Gasteiger partial charge in [0.2, 0.25) is 0 Å². The van der Waals surface area contributed by atoms with E-state index in [1.165, 1.54) is 6.92 Å². The van der Waals surface area contributed by atoms with Gasteiger partial charge in [0.25, 0.3) is 0 Å². The summed E-state index contributed by atoms with van der Waals surface area (Å²) in [5.41, 5.74) is 6.97. The van der Waals surface area contributed by atoms with E-state index in [0.717, 1.165) is 11.1 Å². The molecule has 0 bridgehead atoms. The third kappa shape index (κ3) is 2.78. The molecule has 0 heterocycles. The molecule has 0 aliphatic carbocycles. The van der Waals surface area contributed by atoms with Crippen molar-refractivity contribution in [1.29, 1.82) is 0 Å². The van der Waals surface area contributed by atoms with Gasteiger partial charge in [0.1, 0.15) is 5.54 Å². The summed E-state index contributed by atoms with van der Waals surface area (Å²) in [6, 6.07) is 14.6. The molecule has 0 aliphatic heterocycles. The second kappa shape index (κ2) is 5.03. The molecule has 0 amide bonds. The molecular formula is C15H14ClNO2. The van der Waals surface area contributed by atoms with Crippen molar-refractivity contribution in [3.05, 3.63) is 59.1 Å². The molecule has 3 N–H and O–H groups in total. The van der Waals surface area contributed by atoms with Crippen molar-refractivity contribution < 1.29 is 9.90 Å². The van der Waals surface area contributed by atoms with Crippen LogP contribution in [0.3, 0.4) is 0 Å². The second-order valence-electron chi connectivity index (χ2n) is 4.59. The van der Waals surface area contributed by atoms with Gasteiger partial charge in [-0.05, 0) is 35.7 Å². The van der Waals surface area contributed by atoms with E-state index >= 15 is 0 Å². The molecule has 0 aliphatic rings. The average Bonchev–Trinajstić information content (AvgIpc) is 2.39. The van der Waals surface area contributed by atoms with Crippen molar-refractivity contribution in [2.45, 2.75) is 12.5 Å². The molecule has 2 aromatic rings. The quantitative estimate of drug-likeness (QED) is 0.904. The lowest BCUT2D eigenvalue weighted by atomic mass is 9.92. The lowest BCUT2D eigenvalue weighted by Gasteiger charge is -2.19. The third-order valence-electron chi connectivity index (χ3n) is 3.11. The first kappa shape index (κ1) is 13.6. The van der Waals surface area contributed by atoms with E-state index < -0.39 is 11.5 Å². The maximum atomic E-state index is 11.1. The molecular weight excluding hydrogens is 262 g/mol. The molecule has 19 heavy (non-hydrogen) atoms. The summed E-state index contributed by atoms with van der Waals surface area (Å²) in [4.78, 5) is 11.1. The van der Waals surface area contributed by atoms with Crippen molar-refractivity contribution in [2.75, 3.05) is 0 Å². The number of carboxylic acid groups (broad SMARTS) is 1. The van der Waals surface area contributed by atoms with Crippen LogP contribution in [0.4, 0.5) is 0 Å². The minimum atomic E-state index is -1.38. The number of nitrogens with two attached hydrogens (primary N) is 1. The van der Waals surface area contributed by atoms with Gasteiger partial charge in [-0.3, -0.25) is 0 Å². The van der Waals surface area contributed by atoms with Crippen molar-refractivity contribution in [3.63, 3.8) is 0 Å². The third-order valence-corrected chi connectivity index (χ3v) is 3.36. The van der Waals surface area contributed by atoms with Gasteiger partial charge in [-0.15, -0.1) is 0 Å². The fraction of sp³-hybridized carbons (Fsp3) is 0.133. The first-order valence-electron chi connectivity index (χ1n) is 5.80. The van der Waals surface area contributed by atoms with Crippen LogP contribution in [0.2, 0.25) is 5.02 Å². The summed E-state index contributed by atoms with van der Waals surface area (Å²) in [7, 11) is 0. The Morgan fingerprint density at radius 3 is 1.89 bits per heavy atom. The van der Waals surface area contributed by atoms with Gasteiger partial charge in [0, 0.05) is 5.02 Å². The number of aliphatic carboxylic acids is 1. The van der Waals surface area contributed by atoms with Crippen molar-refractivity contribution >= 4 is 17.6 Å². The molecule has 0 aromatic heterocycles. The summed E-state index contributed by atoms with van der Waals surface area (Å²) in [5.74, 6) is -1.05. The van der Waals surface area contributed by atoms with Crippen LogP contribution in [0, 0.1) is 0 Å². The van der Waals surface area contributed by atoms with Crippen LogP contribution in [0.25, 0.3) is 11.1 Å².